The third-order valence-corrected chi connectivity index (χ3v) is 4.28. The van der Waals surface area contributed by atoms with Gasteiger partial charge in [0, 0.05) is 10.0 Å². The summed E-state index contributed by atoms with van der Waals surface area (Å²) in [4.78, 5) is 28.5. The predicted octanol–water partition coefficient (Wildman–Crippen LogP) is 2.85. The number of nitrogens with zero attached hydrogens (tertiary/aromatic N) is 3. The Morgan fingerprint density at radius 1 is 1.15 bits per heavy atom. The van der Waals surface area contributed by atoms with E-state index in [-0.39, 0.29) is 17.8 Å². The monoisotopic (exact) mass is 427 g/mol. The number of amides is 2. The van der Waals surface area contributed by atoms with Gasteiger partial charge in [-0.2, -0.15) is 0 Å². The van der Waals surface area contributed by atoms with Crippen LogP contribution < -0.4 is 10.6 Å². The van der Waals surface area contributed by atoms with Gasteiger partial charge in [0.1, 0.15) is 12.4 Å². The number of anilines is 1. The third kappa shape index (κ3) is 5.24. The lowest BCUT2D eigenvalue weighted by atomic mass is 10.2. The summed E-state index contributed by atoms with van der Waals surface area (Å²) < 4.78 is 2.61. The largest absolute Gasteiger partial charge is 0.341 e. The first-order valence-corrected chi connectivity index (χ1v) is 9.11. The molecule has 0 saturated carbocycles. The molecule has 1 aromatic heterocycles. The zero-order chi connectivity index (χ0) is 19.2. The minimum atomic E-state index is -0.727. The molecular formula is C19H18BrN5O2. The van der Waals surface area contributed by atoms with Crippen LogP contribution in [-0.4, -0.2) is 32.6 Å². The van der Waals surface area contributed by atoms with Gasteiger partial charge in [0.2, 0.25) is 11.9 Å². The predicted molar refractivity (Wildman–Crippen MR) is 105 cm³/mol. The zero-order valence-electron chi connectivity index (χ0n) is 14.6. The molecule has 2 amide bonds. The Balaban J connectivity index is 1.56. The molecule has 1 heterocycles. The number of rotatable bonds is 6. The molecule has 8 heteroatoms. The summed E-state index contributed by atoms with van der Waals surface area (Å²) in [5.74, 6) is -0.512. The molecule has 0 saturated heterocycles. The molecule has 0 bridgehead atoms. The molecule has 2 N–H and O–H groups in total. The number of hydrogen-bond donors (Lipinski definition) is 2. The number of benzene rings is 2. The Labute approximate surface area is 164 Å². The van der Waals surface area contributed by atoms with E-state index in [1.54, 1.807) is 42.2 Å². The van der Waals surface area contributed by atoms with Crippen molar-refractivity contribution < 1.29 is 9.59 Å². The summed E-state index contributed by atoms with van der Waals surface area (Å²) in [5.41, 5.74) is 1.55. The summed E-state index contributed by atoms with van der Waals surface area (Å²) >= 11 is 3.43. The van der Waals surface area contributed by atoms with Crippen LogP contribution in [0.3, 0.4) is 0 Å². The fraction of sp³-hybridized carbons (Fsp3) is 0.158. The maximum absolute atomic E-state index is 12.3. The van der Waals surface area contributed by atoms with E-state index in [0.717, 1.165) is 10.0 Å². The van der Waals surface area contributed by atoms with Gasteiger partial charge in [0.05, 0.1) is 6.54 Å². The Bertz CT molecular complexity index is 942. The van der Waals surface area contributed by atoms with Crippen LogP contribution in [-0.2, 0) is 11.3 Å². The number of nitrogens with one attached hydrogen (secondary N) is 2. The van der Waals surface area contributed by atoms with E-state index >= 15 is 0 Å². The highest BCUT2D eigenvalue weighted by Gasteiger charge is 2.18. The third-order valence-electron chi connectivity index (χ3n) is 3.78. The highest BCUT2D eigenvalue weighted by molar-refractivity contribution is 9.10. The Hall–Kier alpha value is -3.00. The van der Waals surface area contributed by atoms with Crippen molar-refractivity contribution in [2.45, 2.75) is 19.5 Å². The number of carbonyl (C=O) groups excluding carboxylic acids is 2. The lowest BCUT2D eigenvalue weighted by Gasteiger charge is -2.12. The minimum Gasteiger partial charge on any atom is -0.341 e. The van der Waals surface area contributed by atoms with Gasteiger partial charge in [0.25, 0.3) is 5.91 Å². The van der Waals surface area contributed by atoms with Crippen molar-refractivity contribution in [3.63, 3.8) is 0 Å². The molecule has 1 unspecified atom stereocenters. The quantitative estimate of drug-likeness (QED) is 0.632. The van der Waals surface area contributed by atoms with E-state index in [2.05, 4.69) is 36.6 Å². The van der Waals surface area contributed by atoms with Gasteiger partial charge < -0.3 is 5.32 Å². The van der Waals surface area contributed by atoms with E-state index in [1.165, 1.54) is 0 Å². The van der Waals surface area contributed by atoms with Crippen LogP contribution in [0.5, 0.6) is 0 Å². The van der Waals surface area contributed by atoms with Gasteiger partial charge >= 0.3 is 0 Å². The van der Waals surface area contributed by atoms with Crippen molar-refractivity contribution in [1.29, 1.82) is 0 Å². The summed E-state index contributed by atoms with van der Waals surface area (Å²) in [5, 5.41) is 9.50. The van der Waals surface area contributed by atoms with Crippen molar-refractivity contribution in [3.8, 4) is 0 Å². The summed E-state index contributed by atoms with van der Waals surface area (Å²) in [6, 6.07) is 15.8. The molecule has 0 aliphatic rings. The van der Waals surface area contributed by atoms with Crippen LogP contribution in [0.4, 0.5) is 5.95 Å². The fourth-order valence-electron chi connectivity index (χ4n) is 2.40. The molecule has 7 nitrogen and oxygen atoms in total. The van der Waals surface area contributed by atoms with Gasteiger partial charge in [-0.3, -0.25) is 14.9 Å². The number of hydrogen-bond acceptors (Lipinski definition) is 4. The maximum atomic E-state index is 12.3. The van der Waals surface area contributed by atoms with Crippen molar-refractivity contribution in [3.05, 3.63) is 76.5 Å². The maximum Gasteiger partial charge on any atom is 0.251 e. The number of aromatic nitrogens is 3. The lowest BCUT2D eigenvalue weighted by Crippen LogP contribution is -2.41. The second kappa shape index (κ2) is 8.59. The Morgan fingerprint density at radius 3 is 2.67 bits per heavy atom. The van der Waals surface area contributed by atoms with Gasteiger partial charge in [-0.25, -0.2) is 9.67 Å². The van der Waals surface area contributed by atoms with Crippen LogP contribution in [0, 0.1) is 0 Å². The van der Waals surface area contributed by atoms with E-state index < -0.39 is 6.04 Å². The van der Waals surface area contributed by atoms with E-state index in [1.807, 2.05) is 30.3 Å². The second-order valence-corrected chi connectivity index (χ2v) is 6.86. The first-order valence-electron chi connectivity index (χ1n) is 8.32. The molecule has 0 aliphatic carbocycles. The molecule has 27 heavy (non-hydrogen) atoms. The van der Waals surface area contributed by atoms with Crippen LogP contribution in [0.2, 0.25) is 0 Å². The molecule has 0 radical (unpaired) electrons. The highest BCUT2D eigenvalue weighted by atomic mass is 79.9. The van der Waals surface area contributed by atoms with Gasteiger partial charge in [-0.1, -0.05) is 46.3 Å². The average molecular weight is 428 g/mol. The van der Waals surface area contributed by atoms with Gasteiger partial charge in [0.15, 0.2) is 0 Å². The zero-order valence-corrected chi connectivity index (χ0v) is 16.2. The molecule has 2 aromatic carbocycles. The second-order valence-electron chi connectivity index (χ2n) is 5.95. The van der Waals surface area contributed by atoms with E-state index in [4.69, 9.17) is 0 Å². The number of carbonyl (C=O) groups is 2. The van der Waals surface area contributed by atoms with Crippen molar-refractivity contribution >= 4 is 33.7 Å². The topological polar surface area (TPSA) is 88.9 Å². The van der Waals surface area contributed by atoms with Crippen LogP contribution in [0.15, 0.2) is 65.4 Å². The summed E-state index contributed by atoms with van der Waals surface area (Å²) in [6.07, 6.45) is 1.55. The highest BCUT2D eigenvalue weighted by Crippen LogP contribution is 2.12. The van der Waals surface area contributed by atoms with Crippen LogP contribution in [0.25, 0.3) is 0 Å². The van der Waals surface area contributed by atoms with Gasteiger partial charge in [-0.05, 0) is 36.8 Å². The Kier molecular flexibility index (Phi) is 5.97. The lowest BCUT2D eigenvalue weighted by molar-refractivity contribution is -0.117. The van der Waals surface area contributed by atoms with E-state index in [0.29, 0.717) is 12.1 Å². The minimum absolute atomic E-state index is 0.191. The SMILES string of the molecule is CC(NC(=O)c1ccccc1)C(=O)Nc1ncn(Cc2cccc(Br)c2)n1. The van der Waals surface area contributed by atoms with Crippen molar-refractivity contribution in [1.82, 2.24) is 20.1 Å². The average Bonchev–Trinajstić information content (AvgIpc) is 3.09. The molecular weight excluding hydrogens is 410 g/mol. The fourth-order valence-corrected chi connectivity index (χ4v) is 2.85. The van der Waals surface area contributed by atoms with E-state index in [9.17, 15) is 9.59 Å². The normalized spacial score (nSPS) is 11.6. The molecule has 3 aromatic rings. The summed E-state index contributed by atoms with van der Waals surface area (Å²) in [7, 11) is 0. The van der Waals surface area contributed by atoms with Crippen molar-refractivity contribution in [2.24, 2.45) is 0 Å². The van der Waals surface area contributed by atoms with Gasteiger partial charge in [-0.15, -0.1) is 5.10 Å². The van der Waals surface area contributed by atoms with Crippen LogP contribution in [0.1, 0.15) is 22.8 Å². The smallest absolute Gasteiger partial charge is 0.251 e. The number of halogens is 1. The molecule has 3 rings (SSSR count). The molecule has 0 fully saturated rings. The summed E-state index contributed by atoms with van der Waals surface area (Å²) in [6.45, 7) is 2.14. The molecule has 1 atom stereocenters. The molecule has 0 spiro atoms. The molecule has 138 valence electrons. The van der Waals surface area contributed by atoms with Crippen LogP contribution >= 0.6 is 15.9 Å². The first-order chi connectivity index (χ1) is 13.0. The van der Waals surface area contributed by atoms with Crippen molar-refractivity contribution in [2.75, 3.05) is 5.32 Å². The first kappa shape index (κ1) is 18.8. The standard InChI is InChI=1S/C19H18BrN5O2/c1-13(22-18(27)15-7-3-2-4-8-15)17(26)23-19-21-12-25(24-19)11-14-6-5-9-16(20)10-14/h2-10,12-13H,11H2,1H3,(H,22,27)(H,23,24,26). The molecule has 0 aliphatic heterocycles. The Morgan fingerprint density at radius 2 is 1.93 bits per heavy atom.